The molecule has 0 spiro atoms. The predicted molar refractivity (Wildman–Crippen MR) is 251 cm³/mol. The number of hydrogen-bond acceptors (Lipinski definition) is 10. The molecule has 0 atom stereocenters. The first-order valence-electron chi connectivity index (χ1n) is 20.9. The van der Waals surface area contributed by atoms with Gasteiger partial charge >= 0.3 is 0 Å². The van der Waals surface area contributed by atoms with Crippen LogP contribution in [0, 0.1) is 13.8 Å². The molecule has 2 N–H and O–H groups in total. The Morgan fingerprint density at radius 1 is 0.567 bits per heavy atom. The zero-order chi connectivity index (χ0) is 41.7. The lowest BCUT2D eigenvalue weighted by atomic mass is 9.96. The number of nitrogens with zero attached hydrogens (tertiary/aromatic N) is 6. The Bertz CT molecular complexity index is 2850. The minimum atomic E-state index is -0.0939. The Labute approximate surface area is 365 Å². The van der Waals surface area contributed by atoms with Crippen molar-refractivity contribution in [2.24, 2.45) is 0 Å². The molecule has 14 heteroatoms. The Morgan fingerprint density at radius 3 is 1.33 bits per heavy atom. The first-order chi connectivity index (χ1) is 29.2. The van der Waals surface area contributed by atoms with Crippen LogP contribution in [0.15, 0.2) is 58.1 Å². The Balaban J connectivity index is 0.000000154. The van der Waals surface area contributed by atoms with Gasteiger partial charge in [-0.1, -0.05) is 37.0 Å². The Kier molecular flexibility index (Phi) is 11.4. The zero-order valence-corrected chi connectivity index (χ0v) is 37.3. The Hall–Kier alpha value is -4.88. The summed E-state index contributed by atoms with van der Waals surface area (Å²) in [5, 5.41) is 11.4. The number of aryl methyl sites for hydroxylation is 6. The number of aromatic nitrogens is 6. The number of hydrogen-bond donors (Lipinski definition) is 2. The summed E-state index contributed by atoms with van der Waals surface area (Å²) in [4.78, 5) is 52.1. The first-order valence-corrected chi connectivity index (χ1v) is 23.3. The van der Waals surface area contributed by atoms with Crippen molar-refractivity contribution in [1.82, 2.24) is 29.1 Å². The van der Waals surface area contributed by atoms with Gasteiger partial charge < -0.3 is 10.6 Å². The lowest BCUT2D eigenvalue weighted by Crippen LogP contribution is -2.25. The SMILES string of the molecule is CCCNc1nc2c(c(C)nc3sc4c(c32)CCCC4)c(=O)n1-c1ccc(Cl)cc1.CCCNc1nc2c(c(C)nc3sc4c(c32)CCCC4)c(=O)n1-c1ccc(Cl)cc1. The number of nitrogens with one attached hydrogen (secondary N) is 2. The van der Waals surface area contributed by atoms with E-state index < -0.39 is 0 Å². The van der Waals surface area contributed by atoms with Crippen LogP contribution < -0.4 is 21.8 Å². The van der Waals surface area contributed by atoms with Crippen LogP contribution in [-0.4, -0.2) is 42.2 Å². The molecule has 8 aromatic rings. The third-order valence-electron chi connectivity index (χ3n) is 11.4. The number of pyridine rings is 2. The highest BCUT2D eigenvalue weighted by molar-refractivity contribution is 7.19. The molecule has 2 aliphatic rings. The van der Waals surface area contributed by atoms with Crippen LogP contribution in [0.4, 0.5) is 11.9 Å². The number of fused-ring (bicyclic) bond motifs is 10. The summed E-state index contributed by atoms with van der Waals surface area (Å²) in [5.41, 5.74) is 7.02. The summed E-state index contributed by atoms with van der Waals surface area (Å²) in [6, 6.07) is 14.6. The maximum Gasteiger partial charge on any atom is 0.269 e. The molecule has 2 aliphatic carbocycles. The summed E-state index contributed by atoms with van der Waals surface area (Å²) in [7, 11) is 0. The average molecular weight is 878 g/mol. The number of halogens is 2. The molecule has 10 rings (SSSR count). The predicted octanol–water partition coefficient (Wildman–Crippen LogP) is 11.3. The van der Waals surface area contributed by atoms with Gasteiger partial charge in [0.25, 0.3) is 11.1 Å². The monoisotopic (exact) mass is 876 g/mol. The van der Waals surface area contributed by atoms with Crippen LogP contribution in [-0.2, 0) is 25.7 Å². The maximum absolute atomic E-state index is 13.8. The summed E-state index contributed by atoms with van der Waals surface area (Å²) >= 11 is 15.7. The molecule has 0 saturated carbocycles. The molecule has 6 aromatic heterocycles. The summed E-state index contributed by atoms with van der Waals surface area (Å²) < 4.78 is 3.29. The van der Waals surface area contributed by atoms with Gasteiger partial charge in [-0.2, -0.15) is 0 Å². The van der Waals surface area contributed by atoms with E-state index in [2.05, 4.69) is 24.5 Å². The zero-order valence-electron chi connectivity index (χ0n) is 34.2. The van der Waals surface area contributed by atoms with E-state index in [0.29, 0.717) is 32.7 Å². The molecule has 60 heavy (non-hydrogen) atoms. The minimum absolute atomic E-state index is 0.0939. The van der Waals surface area contributed by atoms with Crippen LogP contribution in [0.25, 0.3) is 53.6 Å². The average Bonchev–Trinajstić information content (AvgIpc) is 3.81. The highest BCUT2D eigenvalue weighted by Gasteiger charge is 2.26. The first kappa shape index (κ1) is 40.5. The second-order valence-corrected chi connectivity index (χ2v) is 18.6. The second-order valence-electron chi connectivity index (χ2n) is 15.6. The fraction of sp³-hybridized carbons (Fsp3) is 0.348. The number of thiophene rings is 2. The summed E-state index contributed by atoms with van der Waals surface area (Å²) in [6.07, 6.45) is 10.9. The normalized spacial score (nSPS) is 13.7. The standard InChI is InChI=1S/2C23H23ClN4OS/c2*1-3-12-25-23-27-20-18(22(29)28(23)15-10-8-14(24)9-11-15)13(2)26-21-19(20)16-6-4-5-7-17(16)30-21/h2*8-11H,3-7,12H2,1-2H3,(H,25,27). The molecule has 0 amide bonds. The van der Waals surface area contributed by atoms with Crippen molar-refractivity contribution < 1.29 is 0 Å². The van der Waals surface area contributed by atoms with Gasteiger partial charge in [0.2, 0.25) is 11.9 Å². The van der Waals surface area contributed by atoms with E-state index in [1.54, 1.807) is 56.1 Å². The van der Waals surface area contributed by atoms with E-state index in [1.165, 1.54) is 46.6 Å². The number of anilines is 2. The quantitative estimate of drug-likeness (QED) is 0.155. The van der Waals surface area contributed by atoms with Gasteiger partial charge in [0.1, 0.15) is 9.66 Å². The molecule has 2 aromatic carbocycles. The van der Waals surface area contributed by atoms with Crippen LogP contribution in [0.3, 0.4) is 0 Å². The number of rotatable bonds is 8. The van der Waals surface area contributed by atoms with Crippen molar-refractivity contribution in [3.63, 3.8) is 0 Å². The van der Waals surface area contributed by atoms with Gasteiger partial charge in [-0.15, -0.1) is 22.7 Å². The second kappa shape index (κ2) is 16.9. The lowest BCUT2D eigenvalue weighted by Gasteiger charge is -2.16. The van der Waals surface area contributed by atoms with Crippen LogP contribution in [0.1, 0.15) is 84.6 Å². The van der Waals surface area contributed by atoms with Crippen LogP contribution in [0.2, 0.25) is 10.0 Å². The van der Waals surface area contributed by atoms with Crippen LogP contribution in [0.5, 0.6) is 0 Å². The van der Waals surface area contributed by atoms with Gasteiger partial charge in [-0.25, -0.2) is 29.1 Å². The molecule has 0 aliphatic heterocycles. The summed E-state index contributed by atoms with van der Waals surface area (Å²) in [6.45, 7) is 9.49. The third kappa shape index (κ3) is 7.25. The van der Waals surface area contributed by atoms with E-state index >= 15 is 0 Å². The fourth-order valence-corrected chi connectivity index (χ4v) is 11.5. The van der Waals surface area contributed by atoms with Crippen molar-refractivity contribution >= 4 is 100 Å². The van der Waals surface area contributed by atoms with Crippen molar-refractivity contribution in [2.75, 3.05) is 23.7 Å². The van der Waals surface area contributed by atoms with E-state index in [4.69, 9.17) is 43.1 Å². The van der Waals surface area contributed by atoms with Crippen molar-refractivity contribution in [3.8, 4) is 11.4 Å². The van der Waals surface area contributed by atoms with Gasteiger partial charge in [0.15, 0.2) is 0 Å². The summed E-state index contributed by atoms with van der Waals surface area (Å²) in [5.74, 6) is 1.14. The minimum Gasteiger partial charge on any atom is -0.355 e. The largest absolute Gasteiger partial charge is 0.355 e. The van der Waals surface area contributed by atoms with Crippen molar-refractivity contribution in [2.45, 2.75) is 91.9 Å². The number of benzene rings is 2. The molecule has 0 unspecified atom stereocenters. The van der Waals surface area contributed by atoms with E-state index in [9.17, 15) is 9.59 Å². The van der Waals surface area contributed by atoms with E-state index in [-0.39, 0.29) is 11.1 Å². The van der Waals surface area contributed by atoms with Gasteiger partial charge in [-0.3, -0.25) is 9.59 Å². The molecule has 0 fully saturated rings. The lowest BCUT2D eigenvalue weighted by molar-refractivity contribution is 0.700. The van der Waals surface area contributed by atoms with Crippen molar-refractivity contribution in [3.05, 3.63) is 112 Å². The molecule has 0 radical (unpaired) electrons. The fourth-order valence-electron chi connectivity index (χ4n) is 8.59. The smallest absolute Gasteiger partial charge is 0.269 e. The Morgan fingerprint density at radius 2 is 0.950 bits per heavy atom. The van der Waals surface area contributed by atoms with Gasteiger partial charge in [0.05, 0.1) is 44.6 Å². The third-order valence-corrected chi connectivity index (χ3v) is 14.3. The van der Waals surface area contributed by atoms with E-state index in [0.717, 1.165) is 106 Å². The molecular formula is C46H46Cl2N8O2S2. The molecule has 6 heterocycles. The topological polar surface area (TPSA) is 120 Å². The maximum atomic E-state index is 13.8. The van der Waals surface area contributed by atoms with Gasteiger partial charge in [0, 0.05) is 43.7 Å². The highest BCUT2D eigenvalue weighted by atomic mass is 35.5. The van der Waals surface area contributed by atoms with Crippen LogP contribution >= 0.6 is 45.9 Å². The highest BCUT2D eigenvalue weighted by Crippen LogP contribution is 2.41. The molecule has 10 nitrogen and oxygen atoms in total. The van der Waals surface area contributed by atoms with Crippen molar-refractivity contribution in [1.29, 1.82) is 0 Å². The molecular weight excluding hydrogens is 832 g/mol. The molecule has 0 saturated heterocycles. The van der Waals surface area contributed by atoms with E-state index in [1.807, 2.05) is 38.1 Å². The molecule has 0 bridgehead atoms. The molecule has 308 valence electrons. The van der Waals surface area contributed by atoms with Gasteiger partial charge in [-0.05, 0) is 138 Å².